The monoisotopic (exact) mass is 688 g/mol. The van der Waals surface area contributed by atoms with Gasteiger partial charge in [-0.15, -0.1) is 0 Å². The summed E-state index contributed by atoms with van der Waals surface area (Å²) in [6.45, 7) is 0. The van der Waals surface area contributed by atoms with Crippen molar-refractivity contribution in [3.8, 4) is 11.1 Å². The topological polar surface area (TPSA) is 52.0 Å². The molecule has 0 unspecified atom stereocenters. The molecule has 0 aliphatic heterocycles. The molecule has 44 heavy (non-hydrogen) atoms. The van der Waals surface area contributed by atoms with Crippen LogP contribution in [0.25, 0.3) is 97.3 Å². The zero-order valence-corrected chi connectivity index (χ0v) is 26.5. The van der Waals surface area contributed by atoms with Gasteiger partial charge in [-0.3, -0.25) is 0 Å². The molecule has 0 amide bonds. The van der Waals surface area contributed by atoms with Gasteiger partial charge in [-0.05, 0) is 135 Å². The van der Waals surface area contributed by atoms with Gasteiger partial charge in [0.2, 0.25) is 0 Å². The van der Waals surface area contributed by atoms with E-state index in [1.165, 1.54) is 64.6 Å². The Kier molecular flexibility index (Phi) is 4.78. The van der Waals surface area contributed by atoms with Crippen molar-refractivity contribution >= 4 is 129 Å². The van der Waals surface area contributed by atoms with Crippen LogP contribution in [-0.4, -0.2) is 0 Å². The van der Waals surface area contributed by atoms with Gasteiger partial charge in [0.1, 0.15) is 0 Å². The van der Waals surface area contributed by atoms with Crippen molar-refractivity contribution < 1.29 is 0 Å². The van der Waals surface area contributed by atoms with Crippen molar-refractivity contribution in [2.24, 2.45) is 0 Å². The first-order chi connectivity index (χ1) is 21.4. The van der Waals surface area contributed by atoms with E-state index < -0.39 is 0 Å². The first-order valence-corrected chi connectivity index (χ1v) is 16.2. The Balaban J connectivity index is 1.37. The van der Waals surface area contributed by atoms with Crippen LogP contribution in [-0.2, 0) is 0 Å². The number of fused-ring (bicyclic) bond motifs is 4. The van der Waals surface area contributed by atoms with Gasteiger partial charge < -0.3 is 11.5 Å². The first kappa shape index (κ1) is 24.8. The molecule has 0 heterocycles. The van der Waals surface area contributed by atoms with Crippen molar-refractivity contribution in [3.63, 3.8) is 0 Å². The van der Waals surface area contributed by atoms with Crippen molar-refractivity contribution in [2.75, 3.05) is 11.5 Å². The maximum absolute atomic E-state index is 7.00. The molecular formula is C40H22Br2N2. The van der Waals surface area contributed by atoms with Gasteiger partial charge in [-0.25, -0.2) is 0 Å². The summed E-state index contributed by atoms with van der Waals surface area (Å²) in [6.07, 6.45) is 0. The second-order valence-corrected chi connectivity index (χ2v) is 13.8. The third kappa shape index (κ3) is 3.14. The van der Waals surface area contributed by atoms with Crippen LogP contribution in [0.5, 0.6) is 0 Å². The predicted molar refractivity (Wildman–Crippen MR) is 199 cm³/mol. The van der Waals surface area contributed by atoms with Crippen LogP contribution >= 0.6 is 31.9 Å². The Bertz CT molecular complexity index is 2670. The molecule has 10 rings (SSSR count). The minimum atomic E-state index is 0.738. The Morgan fingerprint density at radius 2 is 0.659 bits per heavy atom. The van der Waals surface area contributed by atoms with Crippen molar-refractivity contribution in [1.82, 2.24) is 0 Å². The summed E-state index contributed by atoms with van der Waals surface area (Å²) in [7, 11) is 0. The molecule has 0 radical (unpaired) electrons. The average Bonchev–Trinajstić information content (AvgIpc) is 3.01. The summed E-state index contributed by atoms with van der Waals surface area (Å²) in [6, 6.07) is 39.8. The van der Waals surface area contributed by atoms with E-state index in [0.29, 0.717) is 0 Å². The van der Waals surface area contributed by atoms with Crippen LogP contribution in [0, 0.1) is 0 Å². The highest BCUT2D eigenvalue weighted by Crippen LogP contribution is 2.50. The molecular weight excluding hydrogens is 668 g/mol. The molecule has 0 aliphatic carbocycles. The van der Waals surface area contributed by atoms with E-state index in [1.54, 1.807) is 0 Å². The van der Waals surface area contributed by atoms with Gasteiger partial charge in [0, 0.05) is 31.4 Å². The van der Waals surface area contributed by atoms with E-state index in [9.17, 15) is 0 Å². The summed E-state index contributed by atoms with van der Waals surface area (Å²) in [5.74, 6) is 0. The molecule has 10 aromatic rings. The van der Waals surface area contributed by atoms with E-state index in [4.69, 9.17) is 11.5 Å². The number of rotatable bonds is 1. The fourth-order valence-corrected chi connectivity index (χ4v) is 8.68. The fourth-order valence-electron chi connectivity index (χ4n) is 7.92. The second-order valence-electron chi connectivity index (χ2n) is 12.0. The Morgan fingerprint density at radius 1 is 0.318 bits per heavy atom. The molecule has 0 spiro atoms. The highest BCUT2D eigenvalue weighted by Gasteiger charge is 2.22. The summed E-state index contributed by atoms with van der Waals surface area (Å²) in [4.78, 5) is 0. The average molecular weight is 690 g/mol. The number of anilines is 2. The van der Waals surface area contributed by atoms with E-state index in [1.807, 2.05) is 0 Å². The van der Waals surface area contributed by atoms with Crippen LogP contribution in [0.4, 0.5) is 11.4 Å². The van der Waals surface area contributed by atoms with Crippen molar-refractivity contribution in [1.29, 1.82) is 0 Å². The van der Waals surface area contributed by atoms with E-state index in [2.05, 4.69) is 141 Å². The number of benzene rings is 10. The van der Waals surface area contributed by atoms with Gasteiger partial charge in [0.15, 0.2) is 0 Å². The van der Waals surface area contributed by atoms with Crippen molar-refractivity contribution in [2.45, 2.75) is 0 Å². The Labute approximate surface area is 268 Å². The zero-order valence-electron chi connectivity index (χ0n) is 23.3. The maximum Gasteiger partial charge on any atom is 0.0407 e. The number of hydrogen-bond acceptors (Lipinski definition) is 2. The molecule has 206 valence electrons. The molecule has 2 nitrogen and oxygen atoms in total. The fraction of sp³-hybridized carbons (Fsp3) is 0. The molecule has 4 N–H and O–H groups in total. The van der Waals surface area contributed by atoms with Gasteiger partial charge in [0.25, 0.3) is 0 Å². The van der Waals surface area contributed by atoms with Gasteiger partial charge in [0.05, 0.1) is 0 Å². The van der Waals surface area contributed by atoms with Gasteiger partial charge >= 0.3 is 0 Å². The molecule has 0 saturated heterocycles. The Hall–Kier alpha value is -4.64. The quantitative estimate of drug-likeness (QED) is 0.102. The molecule has 0 aromatic heterocycles. The minimum absolute atomic E-state index is 0.738. The lowest BCUT2D eigenvalue weighted by Crippen LogP contribution is -1.99. The minimum Gasteiger partial charge on any atom is -0.398 e. The molecule has 10 aromatic carbocycles. The highest BCUT2D eigenvalue weighted by molar-refractivity contribution is 9.10. The molecule has 0 saturated carbocycles. The lowest BCUT2D eigenvalue weighted by molar-refractivity contribution is 1.69. The predicted octanol–water partition coefficient (Wildman–Crippen LogP) is 12.1. The SMILES string of the molecule is Nc1cc2ccc3c4ccc(Br)cc4cc4ccc(c1-c1c(N)cc5ccc6c7ccc(Br)cc7cc7ccc1c5c76)c2c43. The summed E-state index contributed by atoms with van der Waals surface area (Å²) >= 11 is 7.32. The van der Waals surface area contributed by atoms with Crippen LogP contribution < -0.4 is 11.5 Å². The zero-order chi connectivity index (χ0) is 29.4. The van der Waals surface area contributed by atoms with Crippen LogP contribution in [0.3, 0.4) is 0 Å². The molecule has 0 bridgehead atoms. The Morgan fingerprint density at radius 3 is 1.09 bits per heavy atom. The smallest absolute Gasteiger partial charge is 0.0407 e. The summed E-state index contributed by atoms with van der Waals surface area (Å²) < 4.78 is 2.16. The van der Waals surface area contributed by atoms with E-state index in [-0.39, 0.29) is 0 Å². The highest BCUT2D eigenvalue weighted by atomic mass is 79.9. The lowest BCUT2D eigenvalue weighted by atomic mass is 9.83. The number of nitrogens with two attached hydrogens (primary N) is 2. The number of hydrogen-bond donors (Lipinski definition) is 2. The lowest BCUT2D eigenvalue weighted by Gasteiger charge is -2.21. The van der Waals surface area contributed by atoms with Crippen molar-refractivity contribution in [3.05, 3.63) is 118 Å². The van der Waals surface area contributed by atoms with Gasteiger partial charge in [-0.2, -0.15) is 0 Å². The number of halogens is 2. The normalized spacial score (nSPS) is 12.5. The maximum atomic E-state index is 7.00. The standard InChI is InChI=1S/C40H22Br2N2/c41-25-5-11-27-23(15-25)13-19-3-9-31-37-21(1-7-29(27)35(19)37)17-33(43)39(31)40-32-10-4-20-14-24-16-26(42)6-12-28(24)30-8-2-22(18-34(40)44)38(32)36(20)30/h1-18H,43-44H2. The molecule has 0 aliphatic rings. The van der Waals surface area contributed by atoms with Crippen LogP contribution in [0.2, 0.25) is 0 Å². The van der Waals surface area contributed by atoms with Crippen LogP contribution in [0.15, 0.2) is 118 Å². The molecule has 4 heteroatoms. The van der Waals surface area contributed by atoms with Crippen LogP contribution in [0.1, 0.15) is 0 Å². The third-order valence-electron chi connectivity index (χ3n) is 9.67. The molecule has 0 atom stereocenters. The van der Waals surface area contributed by atoms with E-state index in [0.717, 1.165) is 53.0 Å². The largest absolute Gasteiger partial charge is 0.398 e. The molecule has 0 fully saturated rings. The third-order valence-corrected chi connectivity index (χ3v) is 10.7. The first-order valence-electron chi connectivity index (χ1n) is 14.6. The number of nitrogen functional groups attached to an aromatic ring is 2. The second kappa shape index (κ2) is 8.50. The van der Waals surface area contributed by atoms with Gasteiger partial charge in [-0.1, -0.05) is 92.5 Å². The van der Waals surface area contributed by atoms with E-state index >= 15 is 0 Å². The summed E-state index contributed by atoms with van der Waals surface area (Å²) in [5.41, 5.74) is 17.5. The summed E-state index contributed by atoms with van der Waals surface area (Å²) in [5, 5.41) is 19.4.